The molecule has 0 fully saturated rings. The van der Waals surface area contributed by atoms with E-state index in [1.807, 2.05) is 17.4 Å². The molecule has 0 N–H and O–H groups in total. The first-order valence-electron chi connectivity index (χ1n) is 17.2. The van der Waals surface area contributed by atoms with Crippen LogP contribution in [0.3, 0.4) is 0 Å². The van der Waals surface area contributed by atoms with Crippen LogP contribution in [0.1, 0.15) is 25.0 Å². The van der Waals surface area contributed by atoms with E-state index in [9.17, 15) is 0 Å². The molecule has 50 heavy (non-hydrogen) atoms. The van der Waals surface area contributed by atoms with Gasteiger partial charge in [0.15, 0.2) is 5.82 Å². The molecular formula is C47H32N2S. The smallest absolute Gasteiger partial charge is 0.161 e. The van der Waals surface area contributed by atoms with Gasteiger partial charge in [0, 0.05) is 42.3 Å². The molecule has 0 bridgehead atoms. The Kier molecular flexibility index (Phi) is 6.43. The van der Waals surface area contributed by atoms with Gasteiger partial charge in [0.25, 0.3) is 0 Å². The van der Waals surface area contributed by atoms with Crippen molar-refractivity contribution in [3.63, 3.8) is 0 Å². The van der Waals surface area contributed by atoms with E-state index in [-0.39, 0.29) is 5.41 Å². The zero-order valence-electron chi connectivity index (χ0n) is 27.8. The first-order chi connectivity index (χ1) is 24.5. The summed E-state index contributed by atoms with van der Waals surface area (Å²) in [5.74, 6) is 0.726. The molecule has 0 radical (unpaired) electrons. The van der Waals surface area contributed by atoms with Crippen LogP contribution in [0, 0.1) is 0 Å². The number of aromatic nitrogens is 2. The first-order valence-corrected chi connectivity index (χ1v) is 18.0. The summed E-state index contributed by atoms with van der Waals surface area (Å²) in [4.78, 5) is 10.6. The number of nitrogens with zero attached hydrogens (tertiary/aromatic N) is 2. The predicted octanol–water partition coefficient (Wildman–Crippen LogP) is 13.0. The van der Waals surface area contributed by atoms with Gasteiger partial charge in [-0.1, -0.05) is 141 Å². The van der Waals surface area contributed by atoms with Crippen LogP contribution >= 0.6 is 11.3 Å². The van der Waals surface area contributed by atoms with Crippen molar-refractivity contribution in [1.29, 1.82) is 0 Å². The fourth-order valence-electron chi connectivity index (χ4n) is 8.07. The quantitative estimate of drug-likeness (QED) is 0.188. The minimum atomic E-state index is -0.0574. The van der Waals surface area contributed by atoms with Crippen molar-refractivity contribution in [2.45, 2.75) is 19.3 Å². The normalized spacial score (nSPS) is 13.2. The van der Waals surface area contributed by atoms with Gasteiger partial charge >= 0.3 is 0 Å². The third-order valence-electron chi connectivity index (χ3n) is 10.5. The molecule has 0 unspecified atom stereocenters. The van der Waals surface area contributed by atoms with Crippen molar-refractivity contribution in [2.24, 2.45) is 0 Å². The van der Waals surface area contributed by atoms with Crippen LogP contribution < -0.4 is 0 Å². The summed E-state index contributed by atoms with van der Waals surface area (Å²) in [6.45, 7) is 4.69. The van der Waals surface area contributed by atoms with E-state index < -0.39 is 0 Å². The molecule has 3 heteroatoms. The van der Waals surface area contributed by atoms with Crippen LogP contribution in [0.2, 0.25) is 0 Å². The summed E-state index contributed by atoms with van der Waals surface area (Å²) >= 11 is 1.84. The Morgan fingerprint density at radius 1 is 0.420 bits per heavy atom. The molecule has 7 aromatic carbocycles. The monoisotopic (exact) mass is 656 g/mol. The molecule has 236 valence electrons. The van der Waals surface area contributed by atoms with Crippen molar-refractivity contribution in [2.75, 3.05) is 0 Å². The maximum absolute atomic E-state index is 5.32. The lowest BCUT2D eigenvalue weighted by atomic mass is 9.81. The number of hydrogen-bond donors (Lipinski definition) is 0. The highest BCUT2D eigenvalue weighted by Gasteiger charge is 2.36. The van der Waals surface area contributed by atoms with Gasteiger partial charge in [0.1, 0.15) is 0 Å². The molecule has 10 rings (SSSR count). The van der Waals surface area contributed by atoms with Crippen molar-refractivity contribution in [3.05, 3.63) is 169 Å². The lowest BCUT2D eigenvalue weighted by molar-refractivity contribution is 0.660. The molecule has 0 amide bonds. The zero-order chi connectivity index (χ0) is 33.4. The molecule has 0 aliphatic heterocycles. The maximum Gasteiger partial charge on any atom is 0.161 e. The van der Waals surface area contributed by atoms with Gasteiger partial charge in [0.05, 0.1) is 11.4 Å². The summed E-state index contributed by atoms with van der Waals surface area (Å²) in [6.07, 6.45) is 0. The Labute approximate surface area is 295 Å². The van der Waals surface area contributed by atoms with Crippen molar-refractivity contribution >= 4 is 42.3 Å². The fourth-order valence-corrected chi connectivity index (χ4v) is 9.15. The maximum atomic E-state index is 5.32. The molecule has 1 aliphatic carbocycles. The zero-order valence-corrected chi connectivity index (χ0v) is 28.6. The van der Waals surface area contributed by atoms with Crippen LogP contribution in [-0.4, -0.2) is 9.97 Å². The number of fused-ring (bicyclic) bond motifs is 7. The molecule has 0 saturated carbocycles. The third-order valence-corrected chi connectivity index (χ3v) is 11.7. The third kappa shape index (κ3) is 4.40. The minimum Gasteiger partial charge on any atom is -0.228 e. The lowest BCUT2D eigenvalue weighted by Crippen LogP contribution is -2.14. The fraction of sp³-hybridized carbons (Fsp3) is 0.0638. The van der Waals surface area contributed by atoms with E-state index in [0.717, 1.165) is 39.3 Å². The molecule has 0 atom stereocenters. The topological polar surface area (TPSA) is 25.8 Å². The van der Waals surface area contributed by atoms with Gasteiger partial charge < -0.3 is 0 Å². The predicted molar refractivity (Wildman–Crippen MR) is 212 cm³/mol. The van der Waals surface area contributed by atoms with Gasteiger partial charge in [-0.2, -0.15) is 0 Å². The van der Waals surface area contributed by atoms with Crippen molar-refractivity contribution in [3.8, 4) is 56.2 Å². The number of hydrogen-bond acceptors (Lipinski definition) is 3. The van der Waals surface area contributed by atoms with Crippen LogP contribution in [0.25, 0.3) is 87.1 Å². The van der Waals surface area contributed by atoms with Crippen LogP contribution in [-0.2, 0) is 5.41 Å². The van der Waals surface area contributed by atoms with E-state index in [1.165, 1.54) is 58.9 Å². The van der Waals surface area contributed by atoms with Gasteiger partial charge in [-0.05, 0) is 74.5 Å². The second kappa shape index (κ2) is 11.1. The van der Waals surface area contributed by atoms with Crippen LogP contribution in [0.4, 0.5) is 0 Å². The van der Waals surface area contributed by atoms with E-state index in [4.69, 9.17) is 9.97 Å². The van der Waals surface area contributed by atoms with E-state index in [0.29, 0.717) is 0 Å². The second-order valence-electron chi connectivity index (χ2n) is 13.7. The summed E-state index contributed by atoms with van der Waals surface area (Å²) < 4.78 is 2.59. The molecule has 9 aromatic rings. The lowest BCUT2D eigenvalue weighted by Gasteiger charge is -2.21. The number of benzene rings is 7. The standard InChI is InChI=1S/C47H32N2S/c1-47(2)39-20-10-8-18-37(39)45-35(19-12-21-40(45)47)33-24-25-36(32-16-7-6-15-31(32)33)46-48-41(29-13-4-3-5-14-29)28-42(49-46)30-23-26-44-38(27-30)34-17-9-11-22-43(34)50-44/h3-28H,1-2H3. The molecule has 2 nitrogen and oxygen atoms in total. The Hall–Kier alpha value is -5.90. The average Bonchev–Trinajstić information content (AvgIpc) is 3.66. The number of rotatable bonds is 4. The summed E-state index contributed by atoms with van der Waals surface area (Å²) in [5.41, 5.74) is 12.9. The van der Waals surface area contributed by atoms with Crippen molar-refractivity contribution < 1.29 is 0 Å². The van der Waals surface area contributed by atoms with Gasteiger partial charge in [-0.15, -0.1) is 11.3 Å². The Bertz CT molecular complexity index is 2790. The SMILES string of the molecule is CC1(C)c2ccccc2-c2c(-c3ccc(-c4nc(-c5ccccc5)cc(-c5ccc6sc7ccccc7c6c5)n4)c4ccccc34)cccc21. The first kappa shape index (κ1) is 29.1. The summed E-state index contributed by atoms with van der Waals surface area (Å²) in [7, 11) is 0. The number of thiophene rings is 1. The molecule has 2 aromatic heterocycles. The van der Waals surface area contributed by atoms with E-state index in [2.05, 4.69) is 166 Å². The summed E-state index contributed by atoms with van der Waals surface area (Å²) in [6, 6.07) is 56.9. The molecular weight excluding hydrogens is 625 g/mol. The minimum absolute atomic E-state index is 0.0574. The van der Waals surface area contributed by atoms with Crippen LogP contribution in [0.15, 0.2) is 158 Å². The van der Waals surface area contributed by atoms with Gasteiger partial charge in [0.2, 0.25) is 0 Å². The van der Waals surface area contributed by atoms with E-state index in [1.54, 1.807) is 0 Å². The highest BCUT2D eigenvalue weighted by Crippen LogP contribution is 2.53. The van der Waals surface area contributed by atoms with Crippen LogP contribution in [0.5, 0.6) is 0 Å². The summed E-state index contributed by atoms with van der Waals surface area (Å²) in [5, 5.41) is 4.89. The largest absolute Gasteiger partial charge is 0.228 e. The van der Waals surface area contributed by atoms with E-state index >= 15 is 0 Å². The highest BCUT2D eigenvalue weighted by atomic mass is 32.1. The Morgan fingerprint density at radius 2 is 1.04 bits per heavy atom. The Balaban J connectivity index is 1.19. The molecule has 0 spiro atoms. The molecule has 2 heterocycles. The Morgan fingerprint density at radius 3 is 1.88 bits per heavy atom. The molecule has 1 aliphatic rings. The van der Waals surface area contributed by atoms with Gasteiger partial charge in [-0.3, -0.25) is 0 Å². The average molecular weight is 657 g/mol. The van der Waals surface area contributed by atoms with Crippen molar-refractivity contribution in [1.82, 2.24) is 9.97 Å². The van der Waals surface area contributed by atoms with Gasteiger partial charge in [-0.25, -0.2) is 9.97 Å². The second-order valence-corrected chi connectivity index (χ2v) is 14.8. The highest BCUT2D eigenvalue weighted by molar-refractivity contribution is 7.25. The molecule has 0 saturated heterocycles.